The fourth-order valence-corrected chi connectivity index (χ4v) is 3.90. The predicted molar refractivity (Wildman–Crippen MR) is 85.4 cm³/mol. The highest BCUT2D eigenvalue weighted by molar-refractivity contribution is 7.15. The molecular weight excluding hydrogens is 304 g/mol. The number of hydrogen-bond acceptors (Lipinski definition) is 7. The molecule has 3 aromatic heterocycles. The highest BCUT2D eigenvalue weighted by atomic mass is 32.1. The van der Waals surface area contributed by atoms with Gasteiger partial charge < -0.3 is 0 Å². The fraction of sp³-hybridized carbons (Fsp3) is 0.462. The summed E-state index contributed by atoms with van der Waals surface area (Å²) in [6.45, 7) is 6.40. The van der Waals surface area contributed by atoms with E-state index in [1.165, 1.54) is 11.5 Å². The average Bonchev–Trinajstić information content (AvgIpc) is 3.09. The van der Waals surface area contributed by atoms with Gasteiger partial charge in [-0.2, -0.15) is 0 Å². The van der Waals surface area contributed by atoms with E-state index in [0.29, 0.717) is 0 Å². The molecule has 1 unspecified atom stereocenters. The van der Waals surface area contributed by atoms with E-state index >= 15 is 0 Å². The van der Waals surface area contributed by atoms with Gasteiger partial charge in [-0.05, 0) is 11.5 Å². The van der Waals surface area contributed by atoms with Crippen molar-refractivity contribution in [2.24, 2.45) is 5.84 Å². The van der Waals surface area contributed by atoms with Crippen LogP contribution in [0.3, 0.4) is 0 Å². The maximum absolute atomic E-state index is 5.76. The molecule has 112 valence electrons. The molecule has 1 atom stereocenters. The van der Waals surface area contributed by atoms with E-state index in [4.69, 9.17) is 5.84 Å². The number of nitrogens with one attached hydrogen (secondary N) is 1. The van der Waals surface area contributed by atoms with E-state index < -0.39 is 0 Å². The first-order valence-corrected chi connectivity index (χ1v) is 8.34. The lowest BCUT2D eigenvalue weighted by Gasteiger charge is -2.20. The molecule has 3 N–H and O–H groups in total. The van der Waals surface area contributed by atoms with E-state index in [1.54, 1.807) is 11.3 Å². The third-order valence-corrected chi connectivity index (χ3v) is 4.91. The number of fused-ring (bicyclic) bond motifs is 1. The van der Waals surface area contributed by atoms with Crippen LogP contribution in [0.15, 0.2) is 17.8 Å². The van der Waals surface area contributed by atoms with Crippen molar-refractivity contribution in [1.29, 1.82) is 0 Å². The average molecular weight is 322 g/mol. The standard InChI is InChI=1S/C13H18N6S2/c1-13(2,3)11-10(21-18-17-11)9(16-14)6-8-7-19-4-5-20-12(19)15-8/h4-5,7,9,16H,6,14H2,1-3H3. The van der Waals surface area contributed by atoms with Crippen molar-refractivity contribution < 1.29 is 0 Å². The Kier molecular flexibility index (Phi) is 3.78. The fourth-order valence-electron chi connectivity index (χ4n) is 2.26. The van der Waals surface area contributed by atoms with Gasteiger partial charge in [-0.3, -0.25) is 15.7 Å². The van der Waals surface area contributed by atoms with Crippen LogP contribution < -0.4 is 11.3 Å². The first kappa shape index (κ1) is 14.6. The zero-order valence-electron chi connectivity index (χ0n) is 12.2. The van der Waals surface area contributed by atoms with Crippen molar-refractivity contribution in [3.63, 3.8) is 0 Å². The number of hydrogen-bond donors (Lipinski definition) is 2. The number of nitrogens with two attached hydrogens (primary N) is 1. The summed E-state index contributed by atoms with van der Waals surface area (Å²) in [4.78, 5) is 6.70. The minimum atomic E-state index is -0.0496. The summed E-state index contributed by atoms with van der Waals surface area (Å²) < 4.78 is 6.14. The van der Waals surface area contributed by atoms with Crippen molar-refractivity contribution in [3.05, 3.63) is 34.0 Å². The van der Waals surface area contributed by atoms with Gasteiger partial charge in [0.15, 0.2) is 4.96 Å². The Morgan fingerprint density at radius 2 is 2.24 bits per heavy atom. The van der Waals surface area contributed by atoms with Crippen LogP contribution in [0, 0.1) is 0 Å². The molecule has 8 heteroatoms. The molecule has 3 rings (SSSR count). The van der Waals surface area contributed by atoms with Gasteiger partial charge in [-0.15, -0.1) is 16.4 Å². The van der Waals surface area contributed by atoms with Crippen molar-refractivity contribution in [3.8, 4) is 0 Å². The van der Waals surface area contributed by atoms with Crippen LogP contribution in [0.2, 0.25) is 0 Å². The van der Waals surface area contributed by atoms with Crippen LogP contribution >= 0.6 is 22.9 Å². The molecule has 0 spiro atoms. The van der Waals surface area contributed by atoms with Gasteiger partial charge in [0.2, 0.25) is 0 Å². The second-order valence-electron chi connectivity index (χ2n) is 5.98. The Balaban J connectivity index is 1.88. The van der Waals surface area contributed by atoms with Crippen LogP contribution in [0.5, 0.6) is 0 Å². The van der Waals surface area contributed by atoms with Crippen LogP contribution in [-0.2, 0) is 11.8 Å². The molecule has 0 saturated heterocycles. The Labute approximate surface area is 131 Å². The third-order valence-electron chi connectivity index (χ3n) is 3.30. The highest BCUT2D eigenvalue weighted by Crippen LogP contribution is 2.31. The van der Waals surface area contributed by atoms with Crippen molar-refractivity contribution >= 4 is 27.8 Å². The molecule has 0 aliphatic heterocycles. The van der Waals surface area contributed by atoms with Crippen LogP contribution in [0.4, 0.5) is 0 Å². The summed E-state index contributed by atoms with van der Waals surface area (Å²) in [7, 11) is 0. The van der Waals surface area contributed by atoms with Crippen LogP contribution in [0.1, 0.15) is 43.1 Å². The number of nitrogens with zero attached hydrogens (tertiary/aromatic N) is 4. The van der Waals surface area contributed by atoms with Crippen molar-refractivity contribution in [2.45, 2.75) is 38.6 Å². The summed E-state index contributed by atoms with van der Waals surface area (Å²) in [5.74, 6) is 5.76. The molecule has 0 aromatic carbocycles. The minimum Gasteiger partial charge on any atom is -0.297 e. The van der Waals surface area contributed by atoms with Crippen molar-refractivity contribution in [1.82, 2.24) is 24.4 Å². The molecule has 6 nitrogen and oxygen atoms in total. The maximum atomic E-state index is 5.76. The summed E-state index contributed by atoms with van der Waals surface area (Å²) in [6, 6.07) is -0.0242. The molecule has 3 heterocycles. The molecule has 0 aliphatic rings. The zero-order valence-corrected chi connectivity index (χ0v) is 13.8. The van der Waals surface area contributed by atoms with E-state index in [0.717, 1.165) is 27.6 Å². The molecule has 0 aliphatic carbocycles. The molecule has 0 radical (unpaired) electrons. The van der Waals surface area contributed by atoms with Crippen LogP contribution in [0.25, 0.3) is 4.96 Å². The molecule has 0 bridgehead atoms. The Hall–Kier alpha value is -1.35. The number of hydrazine groups is 1. The SMILES string of the molecule is CC(C)(C)c1nnsc1C(Cc1cn2ccsc2n1)NN. The van der Waals surface area contributed by atoms with Gasteiger partial charge in [0, 0.05) is 29.6 Å². The number of rotatable bonds is 4. The van der Waals surface area contributed by atoms with E-state index in [1.807, 2.05) is 22.2 Å². The molecular formula is C13H18N6S2. The molecule has 0 fully saturated rings. The van der Waals surface area contributed by atoms with Gasteiger partial charge in [-0.25, -0.2) is 4.98 Å². The van der Waals surface area contributed by atoms with Crippen molar-refractivity contribution in [2.75, 3.05) is 0 Å². The largest absolute Gasteiger partial charge is 0.297 e. The lowest BCUT2D eigenvalue weighted by Crippen LogP contribution is -2.31. The quantitative estimate of drug-likeness (QED) is 0.569. The van der Waals surface area contributed by atoms with E-state index in [9.17, 15) is 0 Å². The normalized spacial score (nSPS) is 13.9. The maximum Gasteiger partial charge on any atom is 0.193 e. The topological polar surface area (TPSA) is 81.1 Å². The summed E-state index contributed by atoms with van der Waals surface area (Å²) >= 11 is 3.03. The lowest BCUT2D eigenvalue weighted by molar-refractivity contribution is 0.513. The zero-order chi connectivity index (χ0) is 15.0. The lowest BCUT2D eigenvalue weighted by atomic mass is 9.89. The minimum absolute atomic E-state index is 0.0242. The second-order valence-corrected chi connectivity index (χ2v) is 7.64. The van der Waals surface area contributed by atoms with E-state index in [-0.39, 0.29) is 11.5 Å². The number of aromatic nitrogens is 4. The number of imidazole rings is 1. The number of thiazole rings is 1. The highest BCUT2D eigenvalue weighted by Gasteiger charge is 2.27. The van der Waals surface area contributed by atoms with Gasteiger partial charge in [0.1, 0.15) is 0 Å². The summed E-state index contributed by atoms with van der Waals surface area (Å²) in [5.41, 5.74) is 4.85. The summed E-state index contributed by atoms with van der Waals surface area (Å²) in [6.07, 6.45) is 4.77. The molecule has 0 amide bonds. The van der Waals surface area contributed by atoms with Gasteiger partial charge in [-0.1, -0.05) is 25.3 Å². The van der Waals surface area contributed by atoms with Gasteiger partial charge in [0.05, 0.1) is 22.3 Å². The van der Waals surface area contributed by atoms with E-state index in [2.05, 4.69) is 40.8 Å². The Morgan fingerprint density at radius 1 is 1.43 bits per heavy atom. The third kappa shape index (κ3) is 2.84. The first-order chi connectivity index (χ1) is 9.99. The Bertz CT molecular complexity index is 707. The van der Waals surface area contributed by atoms with Crippen LogP contribution in [-0.4, -0.2) is 19.0 Å². The van der Waals surface area contributed by atoms with Gasteiger partial charge >= 0.3 is 0 Å². The second kappa shape index (κ2) is 5.45. The molecule has 3 aromatic rings. The first-order valence-electron chi connectivity index (χ1n) is 6.69. The monoisotopic (exact) mass is 322 g/mol. The molecule has 0 saturated carbocycles. The Morgan fingerprint density at radius 3 is 2.90 bits per heavy atom. The predicted octanol–water partition coefficient (Wildman–Crippen LogP) is 2.29. The molecule has 21 heavy (non-hydrogen) atoms. The smallest absolute Gasteiger partial charge is 0.193 e. The van der Waals surface area contributed by atoms with Gasteiger partial charge in [0.25, 0.3) is 0 Å². The summed E-state index contributed by atoms with van der Waals surface area (Å²) in [5, 5.41) is 6.30.